The molecule has 1 N–H and O–H groups in total. The molecule has 0 radical (unpaired) electrons. The molecule has 19 heavy (non-hydrogen) atoms. The molecule has 2 rings (SSSR count). The van der Waals surface area contributed by atoms with E-state index in [0.29, 0.717) is 0 Å². The van der Waals surface area contributed by atoms with Gasteiger partial charge in [-0.05, 0) is 25.0 Å². The van der Waals surface area contributed by atoms with E-state index in [0.717, 1.165) is 18.5 Å². The van der Waals surface area contributed by atoms with Crippen LogP contribution in [0.15, 0.2) is 18.3 Å². The molecule has 1 fully saturated rings. The molecule has 1 amide bonds. The van der Waals surface area contributed by atoms with Crippen molar-refractivity contribution in [1.82, 2.24) is 14.7 Å². The van der Waals surface area contributed by atoms with Crippen molar-refractivity contribution in [2.75, 3.05) is 6.54 Å². The van der Waals surface area contributed by atoms with Crippen LogP contribution in [0, 0.1) is 0 Å². The minimum absolute atomic E-state index is 0.0121. The van der Waals surface area contributed by atoms with Crippen molar-refractivity contribution in [1.29, 1.82) is 0 Å². The molecular formula is C13H17N3O3. The zero-order valence-corrected chi connectivity index (χ0v) is 10.8. The van der Waals surface area contributed by atoms with E-state index in [9.17, 15) is 9.59 Å². The topological polar surface area (TPSA) is 75.4 Å². The van der Waals surface area contributed by atoms with Gasteiger partial charge in [0.25, 0.3) is 0 Å². The lowest BCUT2D eigenvalue weighted by Crippen LogP contribution is -2.33. The van der Waals surface area contributed by atoms with E-state index in [1.807, 2.05) is 6.07 Å². The number of hydrogen-bond donors (Lipinski definition) is 1. The second kappa shape index (κ2) is 5.69. The Kier molecular flexibility index (Phi) is 3.99. The standard InChI is InChI=1S/C13H17N3O3/c1-15-10(6-8-14-15)4-5-12(17)16(11-2-3-11)9-7-13(18)19/h4-6,8,11H,2-3,7,9H2,1H3,(H,18,19)/b5-4+. The monoisotopic (exact) mass is 263 g/mol. The summed E-state index contributed by atoms with van der Waals surface area (Å²) in [4.78, 5) is 24.3. The van der Waals surface area contributed by atoms with Crippen LogP contribution < -0.4 is 0 Å². The summed E-state index contributed by atoms with van der Waals surface area (Å²) in [5, 5.41) is 12.7. The normalized spacial score (nSPS) is 14.8. The Balaban J connectivity index is 1.97. The minimum Gasteiger partial charge on any atom is -0.481 e. The fraction of sp³-hybridized carbons (Fsp3) is 0.462. The maximum atomic E-state index is 12.1. The molecule has 1 saturated carbocycles. The van der Waals surface area contributed by atoms with E-state index in [1.54, 1.807) is 28.9 Å². The summed E-state index contributed by atoms with van der Waals surface area (Å²) in [6, 6.07) is 2.02. The Morgan fingerprint density at radius 3 is 2.84 bits per heavy atom. The van der Waals surface area contributed by atoms with Crippen molar-refractivity contribution in [3.05, 3.63) is 24.0 Å². The predicted molar refractivity (Wildman–Crippen MR) is 69.2 cm³/mol. The van der Waals surface area contributed by atoms with Gasteiger partial charge in [-0.3, -0.25) is 14.3 Å². The maximum Gasteiger partial charge on any atom is 0.305 e. The van der Waals surface area contributed by atoms with Gasteiger partial charge in [0, 0.05) is 31.9 Å². The van der Waals surface area contributed by atoms with Crippen LogP contribution in [0.1, 0.15) is 25.0 Å². The molecule has 6 nitrogen and oxygen atoms in total. The zero-order chi connectivity index (χ0) is 13.8. The molecule has 0 aliphatic heterocycles. The number of aromatic nitrogens is 2. The summed E-state index contributed by atoms with van der Waals surface area (Å²) in [6.45, 7) is 0.272. The van der Waals surface area contributed by atoms with Crippen molar-refractivity contribution in [3.8, 4) is 0 Å². The Morgan fingerprint density at radius 2 is 2.32 bits per heavy atom. The first-order chi connectivity index (χ1) is 9.08. The van der Waals surface area contributed by atoms with E-state index >= 15 is 0 Å². The fourth-order valence-electron chi connectivity index (χ4n) is 1.88. The summed E-state index contributed by atoms with van der Waals surface area (Å²) < 4.78 is 1.67. The molecule has 1 heterocycles. The molecule has 1 aromatic heterocycles. The molecule has 6 heteroatoms. The number of amides is 1. The number of hydrogen-bond acceptors (Lipinski definition) is 3. The number of aryl methyl sites for hydroxylation is 1. The Hall–Kier alpha value is -2.11. The average Bonchev–Trinajstić information content (AvgIpc) is 3.10. The molecule has 102 valence electrons. The summed E-state index contributed by atoms with van der Waals surface area (Å²) >= 11 is 0. The molecule has 1 aliphatic carbocycles. The number of rotatable bonds is 6. The number of carbonyl (C=O) groups excluding carboxylic acids is 1. The van der Waals surface area contributed by atoms with Crippen LogP contribution in [-0.2, 0) is 16.6 Å². The van der Waals surface area contributed by atoms with Gasteiger partial charge in [-0.2, -0.15) is 5.10 Å². The second-order valence-corrected chi connectivity index (χ2v) is 4.62. The maximum absolute atomic E-state index is 12.1. The average molecular weight is 263 g/mol. The van der Waals surface area contributed by atoms with E-state index in [4.69, 9.17) is 5.11 Å². The smallest absolute Gasteiger partial charge is 0.305 e. The van der Waals surface area contributed by atoms with Gasteiger partial charge in [-0.15, -0.1) is 0 Å². The molecule has 0 saturated heterocycles. The van der Waals surface area contributed by atoms with Crippen LogP contribution in [0.3, 0.4) is 0 Å². The fourth-order valence-corrected chi connectivity index (χ4v) is 1.88. The number of carbonyl (C=O) groups is 2. The van der Waals surface area contributed by atoms with Crippen molar-refractivity contribution in [2.24, 2.45) is 7.05 Å². The van der Waals surface area contributed by atoms with Crippen LogP contribution in [0.5, 0.6) is 0 Å². The van der Waals surface area contributed by atoms with Crippen LogP contribution in [0.25, 0.3) is 6.08 Å². The third-order valence-electron chi connectivity index (χ3n) is 3.09. The lowest BCUT2D eigenvalue weighted by atomic mass is 10.3. The van der Waals surface area contributed by atoms with Crippen LogP contribution in [0.2, 0.25) is 0 Å². The highest BCUT2D eigenvalue weighted by molar-refractivity contribution is 5.92. The first-order valence-electron chi connectivity index (χ1n) is 6.26. The van der Waals surface area contributed by atoms with E-state index in [-0.39, 0.29) is 24.9 Å². The van der Waals surface area contributed by atoms with Gasteiger partial charge in [0.2, 0.25) is 5.91 Å². The van der Waals surface area contributed by atoms with Gasteiger partial charge in [-0.25, -0.2) is 0 Å². The molecule has 0 atom stereocenters. The van der Waals surface area contributed by atoms with Gasteiger partial charge < -0.3 is 10.0 Å². The lowest BCUT2D eigenvalue weighted by Gasteiger charge is -2.19. The van der Waals surface area contributed by atoms with Crippen LogP contribution in [-0.4, -0.2) is 44.3 Å². The minimum atomic E-state index is -0.880. The van der Waals surface area contributed by atoms with Crippen LogP contribution in [0.4, 0.5) is 0 Å². The third-order valence-corrected chi connectivity index (χ3v) is 3.09. The van der Waals surface area contributed by atoms with Crippen molar-refractivity contribution < 1.29 is 14.7 Å². The lowest BCUT2D eigenvalue weighted by molar-refractivity contribution is -0.138. The molecule has 0 spiro atoms. The second-order valence-electron chi connectivity index (χ2n) is 4.62. The number of aliphatic carboxylic acids is 1. The first-order valence-corrected chi connectivity index (χ1v) is 6.26. The summed E-state index contributed by atoms with van der Waals surface area (Å²) in [6.07, 6.45) is 6.76. The molecular weight excluding hydrogens is 246 g/mol. The Labute approximate surface area is 111 Å². The van der Waals surface area contributed by atoms with Crippen LogP contribution >= 0.6 is 0 Å². The largest absolute Gasteiger partial charge is 0.481 e. The van der Waals surface area contributed by atoms with Gasteiger partial charge in [0.1, 0.15) is 0 Å². The van der Waals surface area contributed by atoms with Crippen molar-refractivity contribution in [2.45, 2.75) is 25.3 Å². The van der Waals surface area contributed by atoms with E-state index in [1.165, 1.54) is 6.08 Å². The summed E-state index contributed by atoms with van der Waals surface area (Å²) in [5.74, 6) is -1.01. The van der Waals surface area contributed by atoms with Crippen molar-refractivity contribution >= 4 is 18.0 Å². The summed E-state index contributed by atoms with van der Waals surface area (Å²) in [7, 11) is 1.80. The van der Waals surface area contributed by atoms with E-state index in [2.05, 4.69) is 5.10 Å². The zero-order valence-electron chi connectivity index (χ0n) is 10.8. The number of carboxylic acids is 1. The summed E-state index contributed by atoms with van der Waals surface area (Å²) in [5.41, 5.74) is 0.835. The highest BCUT2D eigenvalue weighted by atomic mass is 16.4. The SMILES string of the molecule is Cn1nccc1/C=C/C(=O)N(CCC(=O)O)C1CC1. The quantitative estimate of drug-likeness (QED) is 0.774. The number of carboxylic acid groups (broad SMARTS) is 1. The van der Waals surface area contributed by atoms with E-state index < -0.39 is 5.97 Å². The van der Waals surface area contributed by atoms with Gasteiger partial charge in [-0.1, -0.05) is 0 Å². The third kappa shape index (κ3) is 3.67. The highest BCUT2D eigenvalue weighted by Crippen LogP contribution is 2.27. The molecule has 0 unspecified atom stereocenters. The number of nitrogens with zero attached hydrogens (tertiary/aromatic N) is 3. The predicted octanol–water partition coefficient (Wildman–Crippen LogP) is 0.899. The Morgan fingerprint density at radius 1 is 1.58 bits per heavy atom. The molecule has 0 bridgehead atoms. The Bertz CT molecular complexity index is 503. The van der Waals surface area contributed by atoms with Gasteiger partial charge in [0.05, 0.1) is 12.1 Å². The first kappa shape index (κ1) is 13.3. The molecule has 1 aliphatic rings. The van der Waals surface area contributed by atoms with Crippen molar-refractivity contribution in [3.63, 3.8) is 0 Å². The molecule has 1 aromatic rings. The highest BCUT2D eigenvalue weighted by Gasteiger charge is 2.31. The van der Waals surface area contributed by atoms with Gasteiger partial charge in [0.15, 0.2) is 0 Å². The molecule has 0 aromatic carbocycles. The van der Waals surface area contributed by atoms with Gasteiger partial charge >= 0.3 is 5.97 Å².